The molecule has 0 saturated heterocycles. The molecule has 66 valence electrons. The molecule has 0 atom stereocenters. The zero-order chi connectivity index (χ0) is 8.97. The van der Waals surface area contributed by atoms with Gasteiger partial charge in [-0.25, -0.2) is 0 Å². The summed E-state index contributed by atoms with van der Waals surface area (Å²) in [6, 6.07) is 8.56. The predicted octanol–water partition coefficient (Wildman–Crippen LogP) is 2.82. The quantitative estimate of drug-likeness (QED) is 0.573. The molecule has 1 rings (SSSR count). The molecule has 2 heteroatoms. The van der Waals surface area contributed by atoms with Crippen molar-refractivity contribution in [3.05, 3.63) is 29.8 Å². The zero-order valence-electron chi connectivity index (χ0n) is 7.58. The third-order valence-corrected chi connectivity index (χ3v) is 2.53. The maximum absolute atomic E-state index is 5.45. The molecular weight excluding hydrogens is 166 g/mol. The van der Waals surface area contributed by atoms with Gasteiger partial charge in [0.15, 0.2) is 0 Å². The van der Waals surface area contributed by atoms with E-state index in [1.807, 2.05) is 0 Å². The Hall–Kier alpha value is -0.470. The lowest BCUT2D eigenvalue weighted by atomic mass is 10.0. The maximum Gasteiger partial charge on any atom is 0.0440 e. The minimum absolute atomic E-state index is 0.600. The van der Waals surface area contributed by atoms with Crippen LogP contribution < -0.4 is 5.73 Å². The van der Waals surface area contributed by atoms with Gasteiger partial charge in [0.25, 0.3) is 0 Å². The Morgan fingerprint density at radius 1 is 1.42 bits per heavy atom. The van der Waals surface area contributed by atoms with Crippen molar-refractivity contribution in [2.45, 2.75) is 24.7 Å². The second-order valence-corrected chi connectivity index (χ2v) is 4.13. The van der Waals surface area contributed by atoms with Crippen molar-refractivity contribution in [1.29, 1.82) is 0 Å². The van der Waals surface area contributed by atoms with Gasteiger partial charge in [-0.05, 0) is 23.6 Å². The minimum atomic E-state index is 0.600. The Bertz CT molecular complexity index is 245. The first-order chi connectivity index (χ1) is 5.74. The number of thioether (sulfide) groups is 1. The Kier molecular flexibility index (Phi) is 3.63. The molecule has 0 aromatic heterocycles. The highest BCUT2D eigenvalue weighted by Crippen LogP contribution is 2.21. The van der Waals surface area contributed by atoms with Gasteiger partial charge < -0.3 is 5.73 Å². The molecule has 0 spiro atoms. The molecule has 12 heavy (non-hydrogen) atoms. The van der Waals surface area contributed by atoms with Crippen LogP contribution in [0.2, 0.25) is 0 Å². The van der Waals surface area contributed by atoms with E-state index in [-0.39, 0.29) is 0 Å². The molecule has 0 aliphatic rings. The van der Waals surface area contributed by atoms with E-state index in [1.54, 1.807) is 11.8 Å². The van der Waals surface area contributed by atoms with E-state index < -0.39 is 0 Å². The third kappa shape index (κ3) is 2.54. The largest absolute Gasteiger partial charge is 0.322 e. The highest BCUT2D eigenvalue weighted by atomic mass is 32.2. The lowest BCUT2D eigenvalue weighted by Crippen LogP contribution is -1.92. The van der Waals surface area contributed by atoms with Crippen LogP contribution in [0.3, 0.4) is 0 Å². The van der Waals surface area contributed by atoms with Crippen LogP contribution in [0.25, 0.3) is 0 Å². The van der Waals surface area contributed by atoms with Gasteiger partial charge >= 0.3 is 0 Å². The van der Waals surface area contributed by atoms with Gasteiger partial charge in [0.1, 0.15) is 0 Å². The standard InChI is InChI=1S/C10H15NS/c1-8(2)9-4-3-5-10(6-9)12-7-11/h3-6,8H,7,11H2,1-2H3. The Labute approximate surface area is 78.4 Å². The summed E-state index contributed by atoms with van der Waals surface area (Å²) < 4.78 is 0. The first kappa shape index (κ1) is 9.62. The first-order valence-corrected chi connectivity index (χ1v) is 5.15. The fourth-order valence-electron chi connectivity index (χ4n) is 1.06. The molecule has 0 amide bonds. The molecule has 2 N–H and O–H groups in total. The smallest absolute Gasteiger partial charge is 0.0440 e. The lowest BCUT2D eigenvalue weighted by Gasteiger charge is -2.06. The highest BCUT2D eigenvalue weighted by molar-refractivity contribution is 7.99. The molecule has 1 aromatic rings. The van der Waals surface area contributed by atoms with Crippen molar-refractivity contribution in [3.8, 4) is 0 Å². The van der Waals surface area contributed by atoms with Gasteiger partial charge in [-0.2, -0.15) is 0 Å². The average Bonchev–Trinajstić information content (AvgIpc) is 2.05. The van der Waals surface area contributed by atoms with Gasteiger partial charge in [-0.3, -0.25) is 0 Å². The SMILES string of the molecule is CC(C)c1cccc(SCN)c1. The molecule has 0 saturated carbocycles. The summed E-state index contributed by atoms with van der Waals surface area (Å²) in [4.78, 5) is 1.27. The van der Waals surface area contributed by atoms with Crippen LogP contribution in [0.1, 0.15) is 25.3 Å². The van der Waals surface area contributed by atoms with Crippen molar-refractivity contribution in [1.82, 2.24) is 0 Å². The molecule has 0 aliphatic carbocycles. The second kappa shape index (κ2) is 4.53. The van der Waals surface area contributed by atoms with E-state index in [1.165, 1.54) is 10.5 Å². The fraction of sp³-hybridized carbons (Fsp3) is 0.400. The number of rotatable bonds is 3. The van der Waals surface area contributed by atoms with E-state index in [4.69, 9.17) is 5.73 Å². The molecule has 1 aromatic carbocycles. The number of hydrogen-bond donors (Lipinski definition) is 1. The van der Waals surface area contributed by atoms with Crippen LogP contribution in [-0.2, 0) is 0 Å². The average molecular weight is 181 g/mol. The van der Waals surface area contributed by atoms with Crippen molar-refractivity contribution >= 4 is 11.8 Å². The minimum Gasteiger partial charge on any atom is -0.322 e. The summed E-state index contributed by atoms with van der Waals surface area (Å²) in [5.41, 5.74) is 6.83. The van der Waals surface area contributed by atoms with E-state index in [0.29, 0.717) is 11.8 Å². The van der Waals surface area contributed by atoms with E-state index >= 15 is 0 Å². The van der Waals surface area contributed by atoms with Crippen molar-refractivity contribution in [3.63, 3.8) is 0 Å². The molecule has 0 heterocycles. The molecule has 0 bridgehead atoms. The highest BCUT2D eigenvalue weighted by Gasteiger charge is 1.99. The molecule has 1 nitrogen and oxygen atoms in total. The van der Waals surface area contributed by atoms with Gasteiger partial charge in [0.2, 0.25) is 0 Å². The van der Waals surface area contributed by atoms with Crippen molar-refractivity contribution in [2.24, 2.45) is 5.73 Å². The molecule has 0 unspecified atom stereocenters. The van der Waals surface area contributed by atoms with E-state index in [2.05, 4.69) is 38.1 Å². The predicted molar refractivity (Wildman–Crippen MR) is 55.4 cm³/mol. The van der Waals surface area contributed by atoms with Crippen LogP contribution in [0.5, 0.6) is 0 Å². The fourth-order valence-corrected chi connectivity index (χ4v) is 1.65. The monoisotopic (exact) mass is 181 g/mol. The Morgan fingerprint density at radius 2 is 2.17 bits per heavy atom. The lowest BCUT2D eigenvalue weighted by molar-refractivity contribution is 0.862. The van der Waals surface area contributed by atoms with Gasteiger partial charge in [0, 0.05) is 10.8 Å². The van der Waals surface area contributed by atoms with Crippen molar-refractivity contribution in [2.75, 3.05) is 5.88 Å². The van der Waals surface area contributed by atoms with E-state index in [9.17, 15) is 0 Å². The van der Waals surface area contributed by atoms with Gasteiger partial charge in [-0.15, -0.1) is 11.8 Å². The molecule has 0 aliphatic heterocycles. The third-order valence-electron chi connectivity index (χ3n) is 1.77. The Morgan fingerprint density at radius 3 is 2.75 bits per heavy atom. The topological polar surface area (TPSA) is 26.0 Å². The maximum atomic E-state index is 5.45. The summed E-state index contributed by atoms with van der Waals surface area (Å²) in [6.45, 7) is 4.40. The van der Waals surface area contributed by atoms with Gasteiger partial charge in [-0.1, -0.05) is 26.0 Å². The molecular formula is C10H15NS. The summed E-state index contributed by atoms with van der Waals surface area (Å²) in [6.07, 6.45) is 0. The van der Waals surface area contributed by atoms with Crippen LogP contribution in [-0.4, -0.2) is 5.88 Å². The van der Waals surface area contributed by atoms with Crippen LogP contribution >= 0.6 is 11.8 Å². The number of hydrogen-bond acceptors (Lipinski definition) is 2. The second-order valence-electron chi connectivity index (χ2n) is 3.04. The Balaban J connectivity index is 2.81. The van der Waals surface area contributed by atoms with Crippen LogP contribution in [0, 0.1) is 0 Å². The van der Waals surface area contributed by atoms with Crippen LogP contribution in [0.4, 0.5) is 0 Å². The summed E-state index contributed by atoms with van der Waals surface area (Å²) >= 11 is 1.68. The zero-order valence-corrected chi connectivity index (χ0v) is 8.40. The molecule has 0 fully saturated rings. The van der Waals surface area contributed by atoms with Crippen molar-refractivity contribution < 1.29 is 0 Å². The number of benzene rings is 1. The van der Waals surface area contributed by atoms with E-state index in [0.717, 1.165) is 0 Å². The van der Waals surface area contributed by atoms with Gasteiger partial charge in [0.05, 0.1) is 0 Å². The normalized spacial score (nSPS) is 10.7. The van der Waals surface area contributed by atoms with Crippen LogP contribution in [0.15, 0.2) is 29.2 Å². The number of nitrogens with two attached hydrogens (primary N) is 1. The molecule has 0 radical (unpaired) electrons. The first-order valence-electron chi connectivity index (χ1n) is 4.17. The summed E-state index contributed by atoms with van der Waals surface area (Å²) in [7, 11) is 0. The summed E-state index contributed by atoms with van der Waals surface area (Å²) in [5, 5.41) is 0. The summed E-state index contributed by atoms with van der Waals surface area (Å²) in [5.74, 6) is 1.25.